The Hall–Kier alpha value is -0.500. The number of nitrogens with zero attached hydrogens (tertiary/aromatic N) is 1. The first-order valence-corrected chi connectivity index (χ1v) is 7.53. The molecule has 1 aromatic rings. The molecule has 0 N–H and O–H groups in total. The zero-order valence-electron chi connectivity index (χ0n) is 11.1. The average Bonchev–Trinajstić information content (AvgIpc) is 2.30. The minimum absolute atomic E-state index is 0.423. The standard InChI is InChI=1S/C15H23NS/c1-15(2,3)12-8-4-5-9-13(12)17-14-10-6-7-11-16-14/h6-7,10-13H,4-5,8-9H2,1-3H3. The molecule has 0 saturated heterocycles. The van der Waals surface area contributed by atoms with Gasteiger partial charge in [0.25, 0.3) is 0 Å². The van der Waals surface area contributed by atoms with E-state index < -0.39 is 0 Å². The SMILES string of the molecule is CC(C)(C)C1CCCCC1Sc1ccccn1. The molecule has 1 heterocycles. The predicted octanol–water partition coefficient (Wildman–Crippen LogP) is 4.78. The van der Waals surface area contributed by atoms with Crippen LogP contribution in [0.3, 0.4) is 0 Å². The lowest BCUT2D eigenvalue weighted by atomic mass is 9.72. The maximum Gasteiger partial charge on any atom is 0.0962 e. The summed E-state index contributed by atoms with van der Waals surface area (Å²) in [6, 6.07) is 6.22. The van der Waals surface area contributed by atoms with Gasteiger partial charge in [-0.15, -0.1) is 11.8 Å². The number of thioether (sulfide) groups is 1. The maximum absolute atomic E-state index is 4.45. The first-order valence-electron chi connectivity index (χ1n) is 6.65. The minimum atomic E-state index is 0.423. The summed E-state index contributed by atoms with van der Waals surface area (Å²) < 4.78 is 0. The van der Waals surface area contributed by atoms with Gasteiger partial charge in [-0.05, 0) is 36.3 Å². The second-order valence-corrected chi connectivity index (χ2v) is 7.34. The normalized spacial score (nSPS) is 25.8. The van der Waals surface area contributed by atoms with Crippen molar-refractivity contribution in [3.63, 3.8) is 0 Å². The molecular formula is C15H23NS. The van der Waals surface area contributed by atoms with Crippen LogP contribution in [0, 0.1) is 11.3 Å². The van der Waals surface area contributed by atoms with Gasteiger partial charge < -0.3 is 0 Å². The molecule has 2 heteroatoms. The highest BCUT2D eigenvalue weighted by molar-refractivity contribution is 7.99. The van der Waals surface area contributed by atoms with Crippen LogP contribution in [-0.4, -0.2) is 10.2 Å². The number of aromatic nitrogens is 1. The third kappa shape index (κ3) is 3.48. The minimum Gasteiger partial charge on any atom is -0.250 e. The van der Waals surface area contributed by atoms with Gasteiger partial charge in [-0.25, -0.2) is 4.98 Å². The van der Waals surface area contributed by atoms with Crippen molar-refractivity contribution in [1.82, 2.24) is 4.98 Å². The molecule has 1 aromatic heterocycles. The van der Waals surface area contributed by atoms with Gasteiger partial charge in [-0.1, -0.05) is 39.7 Å². The van der Waals surface area contributed by atoms with Gasteiger partial charge in [0.05, 0.1) is 5.03 Å². The van der Waals surface area contributed by atoms with E-state index in [1.165, 1.54) is 30.7 Å². The summed E-state index contributed by atoms with van der Waals surface area (Å²) in [7, 11) is 0. The zero-order valence-corrected chi connectivity index (χ0v) is 12.0. The Bertz CT molecular complexity index is 342. The van der Waals surface area contributed by atoms with Gasteiger partial charge in [0.1, 0.15) is 0 Å². The summed E-state index contributed by atoms with van der Waals surface area (Å²) >= 11 is 1.99. The molecule has 0 amide bonds. The molecule has 0 spiro atoms. The molecule has 2 unspecified atom stereocenters. The predicted molar refractivity (Wildman–Crippen MR) is 75.3 cm³/mol. The van der Waals surface area contributed by atoms with Crippen LogP contribution >= 0.6 is 11.8 Å². The quantitative estimate of drug-likeness (QED) is 0.748. The molecule has 94 valence electrons. The van der Waals surface area contributed by atoms with Gasteiger partial charge in [0, 0.05) is 11.4 Å². The summed E-state index contributed by atoms with van der Waals surface area (Å²) in [6.45, 7) is 7.15. The van der Waals surface area contributed by atoms with Crippen molar-refractivity contribution in [3.8, 4) is 0 Å². The van der Waals surface area contributed by atoms with Crippen molar-refractivity contribution in [1.29, 1.82) is 0 Å². The summed E-state index contributed by atoms with van der Waals surface area (Å²) in [5.74, 6) is 0.822. The number of rotatable bonds is 2. The number of hydrogen-bond acceptors (Lipinski definition) is 2. The van der Waals surface area contributed by atoms with Crippen molar-refractivity contribution in [3.05, 3.63) is 24.4 Å². The lowest BCUT2D eigenvalue weighted by molar-refractivity contribution is 0.187. The second kappa shape index (κ2) is 5.43. The van der Waals surface area contributed by atoms with E-state index in [1.54, 1.807) is 0 Å². The first kappa shape index (κ1) is 12.9. The highest BCUT2D eigenvalue weighted by Crippen LogP contribution is 2.44. The highest BCUT2D eigenvalue weighted by atomic mass is 32.2. The van der Waals surface area contributed by atoms with Crippen molar-refractivity contribution < 1.29 is 0 Å². The fourth-order valence-electron chi connectivity index (χ4n) is 2.80. The van der Waals surface area contributed by atoms with E-state index in [2.05, 4.69) is 37.9 Å². The summed E-state index contributed by atoms with van der Waals surface area (Å²) in [5.41, 5.74) is 0.423. The van der Waals surface area contributed by atoms with Crippen LogP contribution < -0.4 is 0 Å². The molecule has 17 heavy (non-hydrogen) atoms. The van der Waals surface area contributed by atoms with Gasteiger partial charge in [-0.3, -0.25) is 0 Å². The molecule has 0 aromatic carbocycles. The molecule has 1 nitrogen and oxygen atoms in total. The third-order valence-corrected chi connectivity index (χ3v) is 5.07. The lowest BCUT2D eigenvalue weighted by Crippen LogP contribution is -2.33. The van der Waals surface area contributed by atoms with Crippen molar-refractivity contribution in [2.75, 3.05) is 0 Å². The van der Waals surface area contributed by atoms with E-state index in [0.29, 0.717) is 5.41 Å². The van der Waals surface area contributed by atoms with Crippen molar-refractivity contribution >= 4 is 11.8 Å². The van der Waals surface area contributed by atoms with Crippen LogP contribution in [-0.2, 0) is 0 Å². The molecule has 0 aliphatic heterocycles. The highest BCUT2D eigenvalue weighted by Gasteiger charge is 2.34. The second-order valence-electron chi connectivity index (χ2n) is 6.08. The van der Waals surface area contributed by atoms with Crippen LogP contribution in [0.25, 0.3) is 0 Å². The Kier molecular flexibility index (Phi) is 4.13. The fourth-order valence-corrected chi connectivity index (χ4v) is 4.38. The molecule has 2 rings (SSSR count). The van der Waals surface area contributed by atoms with Gasteiger partial charge in [0.15, 0.2) is 0 Å². The number of pyridine rings is 1. The molecular weight excluding hydrogens is 226 g/mol. The van der Waals surface area contributed by atoms with E-state index in [9.17, 15) is 0 Å². The van der Waals surface area contributed by atoms with E-state index >= 15 is 0 Å². The Balaban J connectivity index is 2.07. The maximum atomic E-state index is 4.45. The van der Waals surface area contributed by atoms with Gasteiger partial charge in [0.2, 0.25) is 0 Å². The van der Waals surface area contributed by atoms with E-state index in [4.69, 9.17) is 0 Å². The Morgan fingerprint density at radius 2 is 1.94 bits per heavy atom. The Labute approximate surface area is 109 Å². The summed E-state index contributed by atoms with van der Waals surface area (Å²) in [5, 5.41) is 1.94. The van der Waals surface area contributed by atoms with Crippen LogP contribution in [0.4, 0.5) is 0 Å². The van der Waals surface area contributed by atoms with Crippen LogP contribution in [0.1, 0.15) is 46.5 Å². The first-order chi connectivity index (χ1) is 8.07. The zero-order chi connectivity index (χ0) is 12.3. The van der Waals surface area contributed by atoms with Crippen molar-refractivity contribution in [2.24, 2.45) is 11.3 Å². The molecule has 1 aliphatic rings. The average molecular weight is 249 g/mol. The third-order valence-electron chi connectivity index (χ3n) is 3.72. The lowest BCUT2D eigenvalue weighted by Gasteiger charge is -2.40. The Morgan fingerprint density at radius 3 is 2.59 bits per heavy atom. The van der Waals surface area contributed by atoms with Gasteiger partial charge >= 0.3 is 0 Å². The molecule has 0 radical (unpaired) electrons. The summed E-state index contributed by atoms with van der Waals surface area (Å²) in [6.07, 6.45) is 7.42. The monoisotopic (exact) mass is 249 g/mol. The topological polar surface area (TPSA) is 12.9 Å². The van der Waals surface area contributed by atoms with Crippen LogP contribution in [0.5, 0.6) is 0 Å². The fraction of sp³-hybridized carbons (Fsp3) is 0.667. The van der Waals surface area contributed by atoms with E-state index in [-0.39, 0.29) is 0 Å². The molecule has 0 bridgehead atoms. The van der Waals surface area contributed by atoms with Gasteiger partial charge in [-0.2, -0.15) is 0 Å². The largest absolute Gasteiger partial charge is 0.250 e. The van der Waals surface area contributed by atoms with Crippen molar-refractivity contribution in [2.45, 2.75) is 56.7 Å². The Morgan fingerprint density at radius 1 is 1.18 bits per heavy atom. The van der Waals surface area contributed by atoms with Crippen LogP contribution in [0.15, 0.2) is 29.4 Å². The molecule has 2 atom stereocenters. The molecule has 1 saturated carbocycles. The number of hydrogen-bond donors (Lipinski definition) is 0. The van der Waals surface area contributed by atoms with E-state index in [0.717, 1.165) is 11.2 Å². The smallest absolute Gasteiger partial charge is 0.0962 e. The molecule has 1 aliphatic carbocycles. The van der Waals surface area contributed by atoms with E-state index in [1.807, 2.05) is 24.0 Å². The molecule has 1 fully saturated rings. The van der Waals surface area contributed by atoms with Crippen LogP contribution in [0.2, 0.25) is 0 Å². The summed E-state index contributed by atoms with van der Waals surface area (Å²) in [4.78, 5) is 4.45.